The first-order valence-electron chi connectivity index (χ1n) is 11.7. The van der Waals surface area contributed by atoms with Crippen molar-refractivity contribution >= 4 is 29.9 Å². The predicted molar refractivity (Wildman–Crippen MR) is 138 cm³/mol. The SMILES string of the molecule is CS(=O)(=O)Cl.CS(=O)(=O)OC1CCC(Oc2ncccn2)CC1.OC1CCC(Oc2ncccn2)CC1.[HH]. The van der Waals surface area contributed by atoms with Crippen molar-refractivity contribution in [3.8, 4) is 12.0 Å². The van der Waals surface area contributed by atoms with Crippen LogP contribution < -0.4 is 9.47 Å². The van der Waals surface area contributed by atoms with Crippen LogP contribution in [0.3, 0.4) is 0 Å². The van der Waals surface area contributed by atoms with Gasteiger partial charge in [-0.1, -0.05) is 0 Å². The van der Waals surface area contributed by atoms with Crippen LogP contribution in [-0.4, -0.2) is 78.8 Å². The van der Waals surface area contributed by atoms with Crippen LogP contribution in [0.5, 0.6) is 12.0 Å². The molecule has 2 fully saturated rings. The molecule has 4 rings (SSSR count). The van der Waals surface area contributed by atoms with Crippen LogP contribution in [0, 0.1) is 0 Å². The Balaban J connectivity index is 0.000000322. The molecule has 0 aliphatic heterocycles. The van der Waals surface area contributed by atoms with Crippen molar-refractivity contribution in [1.29, 1.82) is 0 Å². The number of ether oxygens (including phenoxy) is 2. The van der Waals surface area contributed by atoms with E-state index in [0.717, 1.165) is 51.0 Å². The zero-order chi connectivity index (χ0) is 27.3. The fourth-order valence-corrected chi connectivity index (χ4v) is 4.33. The molecule has 0 saturated heterocycles. The smallest absolute Gasteiger partial charge is 0.316 e. The molecular weight excluding hydrogens is 548 g/mol. The lowest BCUT2D eigenvalue weighted by molar-refractivity contribution is 0.0618. The number of nitrogens with zero attached hydrogens (tertiary/aromatic N) is 4. The maximum absolute atomic E-state index is 11.0. The molecule has 2 saturated carbocycles. The molecule has 2 aliphatic rings. The number of hydrogen-bond acceptors (Lipinski definition) is 12. The molecule has 2 aliphatic carbocycles. The quantitative estimate of drug-likeness (QED) is 0.391. The van der Waals surface area contributed by atoms with Crippen molar-refractivity contribution in [2.24, 2.45) is 0 Å². The van der Waals surface area contributed by atoms with Crippen LogP contribution in [0.1, 0.15) is 52.8 Å². The van der Waals surface area contributed by atoms with Gasteiger partial charge in [0.1, 0.15) is 12.2 Å². The van der Waals surface area contributed by atoms with Gasteiger partial charge in [-0.05, 0) is 63.5 Å². The van der Waals surface area contributed by atoms with Gasteiger partial charge in [-0.15, -0.1) is 0 Å². The monoisotopic (exact) mass is 582 g/mol. The molecule has 0 aromatic carbocycles. The number of aromatic nitrogens is 4. The lowest BCUT2D eigenvalue weighted by atomic mass is 9.95. The first-order chi connectivity index (χ1) is 17.4. The second kappa shape index (κ2) is 15.3. The Hall–Kier alpha value is -2.13. The molecule has 0 unspecified atom stereocenters. The molecule has 2 aromatic heterocycles. The molecule has 15 heteroatoms. The summed E-state index contributed by atoms with van der Waals surface area (Å²) in [7, 11) is -2.06. The van der Waals surface area contributed by atoms with Crippen LogP contribution >= 0.6 is 10.7 Å². The Bertz CT molecular complexity index is 1110. The van der Waals surface area contributed by atoms with E-state index >= 15 is 0 Å². The summed E-state index contributed by atoms with van der Waals surface area (Å²) in [6, 6.07) is 4.29. The highest BCUT2D eigenvalue weighted by Gasteiger charge is 2.26. The normalized spacial score (nSPS) is 23.9. The molecule has 12 nitrogen and oxygen atoms in total. The molecule has 2 heterocycles. The fraction of sp³-hybridized carbons (Fsp3) is 0.636. The van der Waals surface area contributed by atoms with E-state index in [2.05, 4.69) is 30.6 Å². The van der Waals surface area contributed by atoms with Crippen LogP contribution in [0.15, 0.2) is 36.9 Å². The highest BCUT2D eigenvalue weighted by atomic mass is 35.7. The van der Waals surface area contributed by atoms with Gasteiger partial charge in [0.25, 0.3) is 10.1 Å². The highest BCUT2D eigenvalue weighted by Crippen LogP contribution is 2.25. The Morgan fingerprint density at radius 1 is 0.730 bits per heavy atom. The van der Waals surface area contributed by atoms with Crippen LogP contribution in [0.2, 0.25) is 0 Å². The molecule has 0 amide bonds. The summed E-state index contributed by atoms with van der Waals surface area (Å²) in [6.07, 6.45) is 14.7. The number of rotatable bonds is 6. The van der Waals surface area contributed by atoms with E-state index in [1.807, 2.05) is 0 Å². The van der Waals surface area contributed by atoms with Crippen LogP contribution in [0.25, 0.3) is 0 Å². The largest absolute Gasteiger partial charge is 0.460 e. The van der Waals surface area contributed by atoms with Gasteiger partial charge in [0, 0.05) is 36.9 Å². The second-order valence-corrected chi connectivity index (χ2v) is 13.3. The van der Waals surface area contributed by atoms with Crippen molar-refractivity contribution in [3.63, 3.8) is 0 Å². The molecule has 37 heavy (non-hydrogen) atoms. The van der Waals surface area contributed by atoms with E-state index in [-0.39, 0.29) is 25.8 Å². The van der Waals surface area contributed by atoms with E-state index in [9.17, 15) is 21.9 Å². The number of aliphatic hydroxyl groups excluding tert-OH is 1. The van der Waals surface area contributed by atoms with Gasteiger partial charge in [0.05, 0.1) is 24.7 Å². The van der Waals surface area contributed by atoms with Gasteiger partial charge in [0.15, 0.2) is 0 Å². The molecule has 0 atom stereocenters. The summed E-state index contributed by atoms with van der Waals surface area (Å²) in [4.78, 5) is 16.0. The topological polar surface area (TPSA) is 168 Å². The van der Waals surface area contributed by atoms with Gasteiger partial charge >= 0.3 is 12.0 Å². The Morgan fingerprint density at radius 3 is 1.41 bits per heavy atom. The van der Waals surface area contributed by atoms with Crippen molar-refractivity contribution in [3.05, 3.63) is 36.9 Å². The third-order valence-corrected chi connectivity index (χ3v) is 5.83. The van der Waals surface area contributed by atoms with Gasteiger partial charge in [-0.3, -0.25) is 4.18 Å². The van der Waals surface area contributed by atoms with Gasteiger partial charge in [-0.25, -0.2) is 28.4 Å². The average molecular weight is 583 g/mol. The standard InChI is InChI=1S/C11H16N2O4S.C10H14N2O2.CH3ClO2S.H2/c1-18(14,15)17-10-5-3-9(4-6-10)16-11-12-7-2-8-13-11;13-8-2-4-9(5-3-8)14-10-11-6-1-7-12-10;1-5(2,3)4;/h2,7-10H,3-6H2,1H3;1,6-9,13H,2-5H2;1H3;1H. The zero-order valence-electron chi connectivity index (χ0n) is 20.7. The van der Waals surface area contributed by atoms with Crippen molar-refractivity contribution in [1.82, 2.24) is 19.9 Å². The third kappa shape index (κ3) is 15.7. The Labute approximate surface area is 223 Å². The van der Waals surface area contributed by atoms with Crippen LogP contribution in [-0.2, 0) is 23.4 Å². The second-order valence-electron chi connectivity index (χ2n) is 8.61. The third-order valence-electron chi connectivity index (χ3n) is 5.20. The maximum Gasteiger partial charge on any atom is 0.316 e. The van der Waals surface area contributed by atoms with E-state index in [1.54, 1.807) is 36.9 Å². The summed E-state index contributed by atoms with van der Waals surface area (Å²) in [5, 5.41) is 9.31. The minimum Gasteiger partial charge on any atom is -0.460 e. The summed E-state index contributed by atoms with van der Waals surface area (Å²) in [5.41, 5.74) is 0. The van der Waals surface area contributed by atoms with Crippen molar-refractivity contribution in [2.45, 2.75) is 75.8 Å². The maximum atomic E-state index is 11.0. The first kappa shape index (κ1) is 31.1. The zero-order valence-corrected chi connectivity index (χ0v) is 23.1. The minimum atomic E-state index is -3.37. The molecule has 210 valence electrons. The molecule has 2 aromatic rings. The molecule has 0 spiro atoms. The lowest BCUT2D eigenvalue weighted by Crippen LogP contribution is -2.30. The van der Waals surface area contributed by atoms with E-state index in [4.69, 9.17) is 13.7 Å². The Morgan fingerprint density at radius 2 is 1.05 bits per heavy atom. The number of hydrogen-bond donors (Lipinski definition) is 1. The summed E-state index contributed by atoms with van der Waals surface area (Å²) in [5.74, 6) is 0. The van der Waals surface area contributed by atoms with Gasteiger partial charge in [0.2, 0.25) is 9.05 Å². The fourth-order valence-electron chi connectivity index (χ4n) is 3.65. The number of halogens is 1. The predicted octanol–water partition coefficient (Wildman–Crippen LogP) is 2.73. The Kier molecular flexibility index (Phi) is 12.9. The minimum absolute atomic E-state index is 0. The van der Waals surface area contributed by atoms with E-state index in [1.165, 1.54) is 0 Å². The number of aliphatic hydroxyl groups is 1. The van der Waals surface area contributed by atoms with Crippen molar-refractivity contribution < 1.29 is 37.0 Å². The summed E-state index contributed by atoms with van der Waals surface area (Å²) < 4.78 is 56.9. The molecular formula is C22H35ClN4O8S2. The van der Waals surface area contributed by atoms with Crippen LogP contribution in [0.4, 0.5) is 0 Å². The first-order valence-corrected chi connectivity index (χ1v) is 16.2. The van der Waals surface area contributed by atoms with E-state index < -0.39 is 19.2 Å². The lowest BCUT2D eigenvalue weighted by Gasteiger charge is -2.27. The summed E-state index contributed by atoms with van der Waals surface area (Å²) in [6.45, 7) is 0. The molecule has 0 radical (unpaired) electrons. The summed E-state index contributed by atoms with van der Waals surface area (Å²) >= 11 is 0. The van der Waals surface area contributed by atoms with E-state index in [0.29, 0.717) is 24.9 Å². The highest BCUT2D eigenvalue weighted by molar-refractivity contribution is 8.13. The van der Waals surface area contributed by atoms with Gasteiger partial charge in [-0.2, -0.15) is 8.42 Å². The molecule has 1 N–H and O–H groups in total. The van der Waals surface area contributed by atoms with Gasteiger partial charge < -0.3 is 14.6 Å². The molecule has 0 bridgehead atoms. The average Bonchev–Trinajstić information content (AvgIpc) is 2.82. The van der Waals surface area contributed by atoms with Crippen molar-refractivity contribution in [2.75, 3.05) is 12.5 Å².